The van der Waals surface area contributed by atoms with Crippen LogP contribution in [0.1, 0.15) is 28.1 Å². The quantitative estimate of drug-likeness (QED) is 0.932. The second kappa shape index (κ2) is 5.75. The summed E-state index contributed by atoms with van der Waals surface area (Å²) in [5.41, 5.74) is 5.00. The molecule has 2 rings (SSSR count). The summed E-state index contributed by atoms with van der Waals surface area (Å²) in [6, 6.07) is 4.69. The summed E-state index contributed by atoms with van der Waals surface area (Å²) in [6.07, 6.45) is 0.614. The Hall–Kier alpha value is -1.68. The van der Waals surface area contributed by atoms with Crippen LogP contribution in [0.15, 0.2) is 18.2 Å². The number of aromatic nitrogens is 2. The number of rotatable bonds is 4. The van der Waals surface area contributed by atoms with Crippen molar-refractivity contribution in [1.29, 1.82) is 0 Å². The van der Waals surface area contributed by atoms with Crippen LogP contribution in [0.25, 0.3) is 0 Å². The zero-order chi connectivity index (χ0) is 14.9. The molecule has 108 valence electrons. The Bertz CT molecular complexity index is 619. The fourth-order valence-corrected chi connectivity index (χ4v) is 2.56. The molecule has 2 aromatic rings. The van der Waals surface area contributed by atoms with Gasteiger partial charge in [0, 0.05) is 19.2 Å². The van der Waals surface area contributed by atoms with E-state index < -0.39 is 6.10 Å². The first-order valence-electron chi connectivity index (χ1n) is 6.80. The largest absolute Gasteiger partial charge is 0.392 e. The maximum absolute atomic E-state index is 13.1. The van der Waals surface area contributed by atoms with E-state index in [2.05, 4.69) is 5.10 Å². The monoisotopic (exact) mass is 276 g/mol. The number of halogens is 1. The van der Waals surface area contributed by atoms with E-state index in [1.807, 2.05) is 32.5 Å². The molecule has 1 heterocycles. The van der Waals surface area contributed by atoms with Gasteiger partial charge in [0.15, 0.2) is 0 Å². The van der Waals surface area contributed by atoms with Gasteiger partial charge in [-0.05, 0) is 56.0 Å². The van der Waals surface area contributed by atoms with E-state index in [1.165, 1.54) is 12.1 Å². The maximum atomic E-state index is 13.1. The molecule has 0 aliphatic heterocycles. The van der Waals surface area contributed by atoms with E-state index in [0.717, 1.165) is 28.1 Å². The molecule has 0 saturated heterocycles. The van der Waals surface area contributed by atoms with Crippen LogP contribution in [-0.4, -0.2) is 21.0 Å². The predicted molar refractivity (Wildman–Crippen MR) is 77.2 cm³/mol. The zero-order valence-corrected chi connectivity index (χ0v) is 12.4. The zero-order valence-electron chi connectivity index (χ0n) is 12.4. The van der Waals surface area contributed by atoms with Crippen molar-refractivity contribution in [3.63, 3.8) is 0 Å². The van der Waals surface area contributed by atoms with Gasteiger partial charge in [0.05, 0.1) is 11.8 Å². The third-order valence-corrected chi connectivity index (χ3v) is 3.86. The fraction of sp³-hybridized carbons (Fsp3) is 0.438. The third kappa shape index (κ3) is 3.07. The molecular weight excluding hydrogens is 255 g/mol. The van der Waals surface area contributed by atoms with Crippen LogP contribution in [0.4, 0.5) is 4.39 Å². The van der Waals surface area contributed by atoms with Gasteiger partial charge in [0.25, 0.3) is 0 Å². The van der Waals surface area contributed by atoms with E-state index in [9.17, 15) is 9.50 Å². The fourth-order valence-electron chi connectivity index (χ4n) is 2.56. The molecular formula is C16H21FN2O. The second-order valence-corrected chi connectivity index (χ2v) is 5.41. The van der Waals surface area contributed by atoms with Crippen molar-refractivity contribution >= 4 is 0 Å². The van der Waals surface area contributed by atoms with Gasteiger partial charge in [-0.2, -0.15) is 5.10 Å². The Morgan fingerprint density at radius 2 is 1.95 bits per heavy atom. The summed E-state index contributed by atoms with van der Waals surface area (Å²) in [7, 11) is 1.91. The summed E-state index contributed by atoms with van der Waals surface area (Å²) < 4.78 is 14.9. The molecule has 0 amide bonds. The van der Waals surface area contributed by atoms with Gasteiger partial charge in [-0.15, -0.1) is 0 Å². The molecule has 20 heavy (non-hydrogen) atoms. The number of hydrogen-bond donors (Lipinski definition) is 1. The van der Waals surface area contributed by atoms with Crippen molar-refractivity contribution < 1.29 is 9.50 Å². The first-order chi connectivity index (χ1) is 9.38. The Morgan fingerprint density at radius 1 is 1.25 bits per heavy atom. The van der Waals surface area contributed by atoms with Gasteiger partial charge in [-0.1, -0.05) is 6.07 Å². The summed E-state index contributed by atoms with van der Waals surface area (Å²) in [5.74, 6) is -0.236. The molecule has 3 nitrogen and oxygen atoms in total. The van der Waals surface area contributed by atoms with Crippen molar-refractivity contribution in [3.8, 4) is 0 Å². The highest BCUT2D eigenvalue weighted by molar-refractivity contribution is 5.29. The first-order valence-corrected chi connectivity index (χ1v) is 6.80. The van der Waals surface area contributed by atoms with Crippen LogP contribution < -0.4 is 0 Å². The smallest absolute Gasteiger partial charge is 0.123 e. The lowest BCUT2D eigenvalue weighted by atomic mass is 9.97. The molecule has 0 fully saturated rings. The molecule has 1 unspecified atom stereocenters. The van der Waals surface area contributed by atoms with Crippen molar-refractivity contribution in [1.82, 2.24) is 9.78 Å². The SMILES string of the molecule is Cc1cc(F)ccc1CC(O)Cc1c(C)nn(C)c1C. The highest BCUT2D eigenvalue weighted by Crippen LogP contribution is 2.18. The minimum Gasteiger partial charge on any atom is -0.392 e. The Morgan fingerprint density at radius 3 is 2.50 bits per heavy atom. The Labute approximate surface area is 119 Å². The standard InChI is InChI=1S/C16H21FN2O/c1-10-7-14(17)6-5-13(10)8-15(20)9-16-11(2)18-19(4)12(16)3/h5-7,15,20H,8-9H2,1-4H3. The van der Waals surface area contributed by atoms with Crippen molar-refractivity contribution in [2.24, 2.45) is 7.05 Å². The van der Waals surface area contributed by atoms with Crippen molar-refractivity contribution in [3.05, 3.63) is 52.1 Å². The van der Waals surface area contributed by atoms with Crippen LogP contribution in [0.3, 0.4) is 0 Å². The molecule has 1 aromatic carbocycles. The predicted octanol–water partition coefficient (Wildman–Crippen LogP) is 2.63. The lowest BCUT2D eigenvalue weighted by Crippen LogP contribution is -2.15. The number of benzene rings is 1. The number of aliphatic hydroxyl groups is 1. The first kappa shape index (κ1) is 14.7. The lowest BCUT2D eigenvalue weighted by Gasteiger charge is -2.13. The molecule has 4 heteroatoms. The summed E-state index contributed by atoms with van der Waals surface area (Å²) in [5, 5.41) is 14.6. The van der Waals surface area contributed by atoms with E-state index >= 15 is 0 Å². The topological polar surface area (TPSA) is 38.1 Å². The molecule has 1 N–H and O–H groups in total. The van der Waals surface area contributed by atoms with Gasteiger partial charge in [0.1, 0.15) is 5.82 Å². The average molecular weight is 276 g/mol. The van der Waals surface area contributed by atoms with Crippen molar-refractivity contribution in [2.45, 2.75) is 39.7 Å². The van der Waals surface area contributed by atoms with Crippen LogP contribution in [0, 0.1) is 26.6 Å². The second-order valence-electron chi connectivity index (χ2n) is 5.41. The van der Waals surface area contributed by atoms with Crippen LogP contribution in [0.2, 0.25) is 0 Å². The molecule has 1 atom stereocenters. The van der Waals surface area contributed by atoms with E-state index in [1.54, 1.807) is 6.07 Å². The average Bonchev–Trinajstić information content (AvgIpc) is 2.60. The molecule has 0 aliphatic carbocycles. The Kier molecular flexibility index (Phi) is 4.23. The van der Waals surface area contributed by atoms with Gasteiger partial charge >= 0.3 is 0 Å². The minimum absolute atomic E-state index is 0.236. The van der Waals surface area contributed by atoms with E-state index in [-0.39, 0.29) is 5.82 Å². The van der Waals surface area contributed by atoms with Crippen molar-refractivity contribution in [2.75, 3.05) is 0 Å². The molecule has 0 spiro atoms. The molecule has 0 saturated carbocycles. The van der Waals surface area contributed by atoms with E-state index in [4.69, 9.17) is 0 Å². The van der Waals surface area contributed by atoms with Gasteiger partial charge in [0.2, 0.25) is 0 Å². The molecule has 0 bridgehead atoms. The molecule has 0 aliphatic rings. The highest BCUT2D eigenvalue weighted by Gasteiger charge is 2.15. The lowest BCUT2D eigenvalue weighted by molar-refractivity contribution is 0.174. The minimum atomic E-state index is -0.485. The maximum Gasteiger partial charge on any atom is 0.123 e. The molecule has 0 radical (unpaired) electrons. The number of aryl methyl sites for hydroxylation is 3. The van der Waals surface area contributed by atoms with Crippen LogP contribution >= 0.6 is 0 Å². The third-order valence-electron chi connectivity index (χ3n) is 3.86. The number of hydrogen-bond acceptors (Lipinski definition) is 2. The van der Waals surface area contributed by atoms with Crippen LogP contribution in [-0.2, 0) is 19.9 Å². The highest BCUT2D eigenvalue weighted by atomic mass is 19.1. The summed E-state index contributed by atoms with van der Waals surface area (Å²) >= 11 is 0. The number of nitrogens with zero attached hydrogens (tertiary/aromatic N) is 2. The summed E-state index contributed by atoms with van der Waals surface area (Å²) in [4.78, 5) is 0. The summed E-state index contributed by atoms with van der Waals surface area (Å²) in [6.45, 7) is 5.83. The van der Waals surface area contributed by atoms with Crippen LogP contribution in [0.5, 0.6) is 0 Å². The van der Waals surface area contributed by atoms with Gasteiger partial charge < -0.3 is 5.11 Å². The Balaban J connectivity index is 2.11. The molecule has 1 aromatic heterocycles. The normalized spacial score (nSPS) is 12.7. The van der Waals surface area contributed by atoms with E-state index in [0.29, 0.717) is 12.8 Å². The van der Waals surface area contributed by atoms with Gasteiger partial charge in [-0.25, -0.2) is 4.39 Å². The van der Waals surface area contributed by atoms with Gasteiger partial charge in [-0.3, -0.25) is 4.68 Å². The number of aliphatic hydroxyl groups excluding tert-OH is 1.